The smallest absolute Gasteiger partial charge is 0.181 e. The normalized spacial score (nSPS) is 11.8. The van der Waals surface area contributed by atoms with Crippen LogP contribution in [0, 0.1) is 18.3 Å². The Morgan fingerprint density at radius 3 is 2.42 bits per heavy atom. The van der Waals surface area contributed by atoms with Gasteiger partial charge in [0.25, 0.3) is 0 Å². The molecule has 0 amide bonds. The summed E-state index contributed by atoms with van der Waals surface area (Å²) in [5.74, 6) is 0.745. The number of nitriles is 1. The van der Waals surface area contributed by atoms with E-state index in [0.29, 0.717) is 0 Å². The summed E-state index contributed by atoms with van der Waals surface area (Å²) in [5.41, 5.74) is 1.19. The van der Waals surface area contributed by atoms with Gasteiger partial charge in [-0.3, -0.25) is 0 Å². The summed E-state index contributed by atoms with van der Waals surface area (Å²) < 4.78 is 5.26. The van der Waals surface area contributed by atoms with E-state index < -0.39 is 0 Å². The van der Waals surface area contributed by atoms with Gasteiger partial charge in [0.05, 0.1) is 0 Å². The molecular formula is C10H11NO. The molecule has 0 aromatic heterocycles. The van der Waals surface area contributed by atoms with Crippen molar-refractivity contribution in [3.8, 4) is 11.8 Å². The van der Waals surface area contributed by atoms with Crippen LogP contribution in [0.25, 0.3) is 0 Å². The molecule has 0 aliphatic rings. The van der Waals surface area contributed by atoms with Crippen molar-refractivity contribution in [2.75, 3.05) is 0 Å². The molecule has 0 spiro atoms. The predicted molar refractivity (Wildman–Crippen MR) is 46.9 cm³/mol. The van der Waals surface area contributed by atoms with Crippen molar-refractivity contribution in [2.45, 2.75) is 20.0 Å². The number of rotatable bonds is 2. The zero-order chi connectivity index (χ0) is 8.97. The molecule has 2 nitrogen and oxygen atoms in total. The van der Waals surface area contributed by atoms with Crippen LogP contribution in [0.2, 0.25) is 0 Å². The molecule has 0 saturated carbocycles. The molecule has 0 aliphatic heterocycles. The average molecular weight is 161 g/mol. The molecule has 0 N–H and O–H groups in total. The number of hydrogen-bond donors (Lipinski definition) is 0. The highest BCUT2D eigenvalue weighted by Crippen LogP contribution is 2.12. The van der Waals surface area contributed by atoms with Gasteiger partial charge in [-0.2, -0.15) is 5.26 Å². The highest BCUT2D eigenvalue weighted by Gasteiger charge is 1.99. The van der Waals surface area contributed by atoms with E-state index in [1.165, 1.54) is 5.56 Å². The van der Waals surface area contributed by atoms with Gasteiger partial charge >= 0.3 is 0 Å². The molecule has 0 radical (unpaired) electrons. The molecule has 1 rings (SSSR count). The topological polar surface area (TPSA) is 33.0 Å². The van der Waals surface area contributed by atoms with Crippen molar-refractivity contribution in [1.82, 2.24) is 0 Å². The van der Waals surface area contributed by atoms with Crippen molar-refractivity contribution in [1.29, 1.82) is 5.26 Å². The third-order valence-electron chi connectivity index (χ3n) is 1.52. The lowest BCUT2D eigenvalue weighted by Crippen LogP contribution is -2.07. The Morgan fingerprint density at radius 2 is 1.92 bits per heavy atom. The van der Waals surface area contributed by atoms with Gasteiger partial charge in [-0.15, -0.1) is 0 Å². The quantitative estimate of drug-likeness (QED) is 0.666. The minimum absolute atomic E-state index is 0.382. The maximum atomic E-state index is 8.48. The Hall–Kier alpha value is -1.49. The Bertz CT molecular complexity index is 284. The molecule has 1 aromatic rings. The fourth-order valence-corrected chi connectivity index (χ4v) is 0.847. The van der Waals surface area contributed by atoms with Gasteiger partial charge in [-0.05, 0) is 26.0 Å². The summed E-state index contributed by atoms with van der Waals surface area (Å²) in [7, 11) is 0. The lowest BCUT2D eigenvalue weighted by atomic mass is 10.2. The van der Waals surface area contributed by atoms with Gasteiger partial charge in [0.15, 0.2) is 6.10 Å². The Morgan fingerprint density at radius 1 is 1.33 bits per heavy atom. The summed E-state index contributed by atoms with van der Waals surface area (Å²) in [6, 6.07) is 9.65. The first-order chi connectivity index (χ1) is 5.72. The lowest BCUT2D eigenvalue weighted by molar-refractivity contribution is 0.276. The van der Waals surface area contributed by atoms with E-state index in [0.717, 1.165) is 5.75 Å². The van der Waals surface area contributed by atoms with Crippen molar-refractivity contribution >= 4 is 0 Å². The summed E-state index contributed by atoms with van der Waals surface area (Å²) in [5, 5.41) is 8.48. The second-order valence-electron chi connectivity index (χ2n) is 2.70. The fraction of sp³-hybridized carbons (Fsp3) is 0.300. The van der Waals surface area contributed by atoms with Gasteiger partial charge in [0, 0.05) is 0 Å². The lowest BCUT2D eigenvalue weighted by Gasteiger charge is -2.06. The number of nitrogens with zero attached hydrogens (tertiary/aromatic N) is 1. The van der Waals surface area contributed by atoms with E-state index in [9.17, 15) is 0 Å². The molecular weight excluding hydrogens is 150 g/mol. The number of aryl methyl sites for hydroxylation is 1. The molecule has 12 heavy (non-hydrogen) atoms. The standard InChI is InChI=1S/C10H11NO/c1-8-3-5-10(6-4-8)12-9(2)7-11/h3-6,9H,1-2H3. The minimum atomic E-state index is -0.382. The van der Waals surface area contributed by atoms with Crippen LogP contribution < -0.4 is 4.74 Å². The van der Waals surface area contributed by atoms with E-state index >= 15 is 0 Å². The van der Waals surface area contributed by atoms with Crippen molar-refractivity contribution in [3.63, 3.8) is 0 Å². The number of benzene rings is 1. The van der Waals surface area contributed by atoms with Crippen LogP contribution >= 0.6 is 0 Å². The number of ether oxygens (including phenoxy) is 1. The highest BCUT2D eigenvalue weighted by molar-refractivity contribution is 5.26. The first kappa shape index (κ1) is 8.61. The Labute approximate surface area is 72.4 Å². The molecule has 0 saturated heterocycles. The largest absolute Gasteiger partial charge is 0.476 e. The molecule has 1 aromatic carbocycles. The average Bonchev–Trinajstić information content (AvgIpc) is 2.09. The van der Waals surface area contributed by atoms with E-state index in [2.05, 4.69) is 0 Å². The van der Waals surface area contributed by atoms with Crippen LogP contribution in [0.5, 0.6) is 5.75 Å². The maximum absolute atomic E-state index is 8.48. The van der Waals surface area contributed by atoms with Gasteiger partial charge in [-0.25, -0.2) is 0 Å². The first-order valence-electron chi connectivity index (χ1n) is 3.85. The Balaban J connectivity index is 2.66. The van der Waals surface area contributed by atoms with Crippen molar-refractivity contribution in [2.24, 2.45) is 0 Å². The summed E-state index contributed by atoms with van der Waals surface area (Å²) in [6.07, 6.45) is -0.382. The zero-order valence-electron chi connectivity index (χ0n) is 7.24. The van der Waals surface area contributed by atoms with Gasteiger partial charge in [0.2, 0.25) is 0 Å². The summed E-state index contributed by atoms with van der Waals surface area (Å²) >= 11 is 0. The van der Waals surface area contributed by atoms with Gasteiger partial charge < -0.3 is 4.74 Å². The molecule has 0 heterocycles. The van der Waals surface area contributed by atoms with E-state index in [-0.39, 0.29) is 6.10 Å². The van der Waals surface area contributed by atoms with E-state index in [4.69, 9.17) is 10.00 Å². The van der Waals surface area contributed by atoms with Crippen LogP contribution in [0.15, 0.2) is 24.3 Å². The Kier molecular flexibility index (Phi) is 2.71. The molecule has 1 unspecified atom stereocenters. The van der Waals surface area contributed by atoms with Crippen LogP contribution in [0.3, 0.4) is 0 Å². The van der Waals surface area contributed by atoms with Gasteiger partial charge in [0.1, 0.15) is 11.8 Å². The monoisotopic (exact) mass is 161 g/mol. The molecule has 1 atom stereocenters. The highest BCUT2D eigenvalue weighted by atomic mass is 16.5. The SMILES string of the molecule is Cc1ccc(OC(C)C#N)cc1. The maximum Gasteiger partial charge on any atom is 0.181 e. The molecule has 2 heteroatoms. The third-order valence-corrected chi connectivity index (χ3v) is 1.52. The predicted octanol–water partition coefficient (Wildman–Crippen LogP) is 2.29. The molecule has 0 aliphatic carbocycles. The van der Waals surface area contributed by atoms with Crippen LogP contribution in [0.4, 0.5) is 0 Å². The molecule has 62 valence electrons. The zero-order valence-corrected chi connectivity index (χ0v) is 7.24. The number of hydrogen-bond acceptors (Lipinski definition) is 2. The van der Waals surface area contributed by atoms with Crippen LogP contribution in [-0.2, 0) is 0 Å². The summed E-state index contributed by atoms with van der Waals surface area (Å²) in [6.45, 7) is 3.73. The molecule has 0 fully saturated rings. The van der Waals surface area contributed by atoms with Crippen molar-refractivity contribution in [3.05, 3.63) is 29.8 Å². The fourth-order valence-electron chi connectivity index (χ4n) is 0.847. The van der Waals surface area contributed by atoms with E-state index in [1.54, 1.807) is 6.92 Å². The minimum Gasteiger partial charge on any atom is -0.476 e. The second-order valence-corrected chi connectivity index (χ2v) is 2.70. The molecule has 0 bridgehead atoms. The first-order valence-corrected chi connectivity index (χ1v) is 3.85. The van der Waals surface area contributed by atoms with Gasteiger partial charge in [-0.1, -0.05) is 17.7 Å². The van der Waals surface area contributed by atoms with Crippen molar-refractivity contribution < 1.29 is 4.74 Å². The van der Waals surface area contributed by atoms with Crippen LogP contribution in [0.1, 0.15) is 12.5 Å². The third kappa shape index (κ3) is 2.28. The second kappa shape index (κ2) is 3.77. The summed E-state index contributed by atoms with van der Waals surface area (Å²) in [4.78, 5) is 0. The van der Waals surface area contributed by atoms with Crippen LogP contribution in [-0.4, -0.2) is 6.10 Å². The van der Waals surface area contributed by atoms with E-state index in [1.807, 2.05) is 37.3 Å².